The highest BCUT2D eigenvalue weighted by Gasteiger charge is 2.37. The third-order valence-corrected chi connectivity index (χ3v) is 8.58. The highest BCUT2D eigenvalue weighted by molar-refractivity contribution is 7.60. The highest BCUT2D eigenvalue weighted by atomic mass is 31.1. The van der Waals surface area contributed by atoms with Crippen LogP contribution in [0.3, 0.4) is 0 Å². The molecule has 0 spiro atoms. The smallest absolute Gasteiger partial charge is 0.418 e. The van der Waals surface area contributed by atoms with Crippen LogP contribution in [0.2, 0.25) is 0 Å². The molecule has 164 valence electrons. The van der Waals surface area contributed by atoms with Crippen molar-refractivity contribution in [2.45, 2.75) is 71.6 Å². The van der Waals surface area contributed by atoms with Crippen molar-refractivity contribution in [3.63, 3.8) is 0 Å². The number of halogens is 8. The predicted octanol–water partition coefficient (Wildman–Crippen LogP) is 7.85. The topological polar surface area (TPSA) is 0 Å². The van der Waals surface area contributed by atoms with Gasteiger partial charge in [0.2, 0.25) is 0 Å². The van der Waals surface area contributed by atoms with Gasteiger partial charge in [-0.25, -0.2) is 0 Å². The van der Waals surface area contributed by atoms with E-state index >= 15 is 0 Å². The zero-order chi connectivity index (χ0) is 22.4. The molecule has 0 aromatic rings. The van der Waals surface area contributed by atoms with Gasteiger partial charge < -0.3 is 34.5 Å². The van der Waals surface area contributed by atoms with Gasteiger partial charge in [0.1, 0.15) is 0 Å². The molecule has 0 aliphatic heterocycles. The van der Waals surface area contributed by atoms with E-state index in [0.29, 0.717) is 10.3 Å². The average molecular weight is 440 g/mol. The Labute approximate surface area is 157 Å². The Hall–Kier alpha value is 0.430. The van der Waals surface area contributed by atoms with E-state index in [-0.39, 0.29) is 7.92 Å². The zero-order valence-corrected chi connectivity index (χ0v) is 19.5. The molecule has 0 radical (unpaired) electrons. The number of rotatable bonds is 3. The van der Waals surface area contributed by atoms with Crippen LogP contribution >= 0.6 is 16.5 Å². The monoisotopic (exact) mass is 440 g/mol. The molecular weight excluding hydrogens is 404 g/mol. The fourth-order valence-electron chi connectivity index (χ4n) is 1.53. The van der Waals surface area contributed by atoms with Gasteiger partial charge in [-0.05, 0) is 56.5 Å². The molecule has 0 saturated carbocycles. The number of hydrogen-bond acceptors (Lipinski definition) is 0. The molecule has 26 heavy (non-hydrogen) atoms. The molecule has 0 rings (SSSR count). The van der Waals surface area contributed by atoms with Crippen LogP contribution < -0.4 is 0 Å². The Morgan fingerprint density at radius 1 is 0.731 bits per heavy atom. The normalized spacial score (nSPS) is 12.7. The fraction of sp³-hybridized carbons (Fsp3) is 1.00. The lowest BCUT2D eigenvalue weighted by atomic mass is 10.2. The lowest BCUT2D eigenvalue weighted by Crippen LogP contribution is -2.23. The minimum absolute atomic E-state index is 0.221. The molecule has 0 bridgehead atoms. The van der Waals surface area contributed by atoms with Gasteiger partial charge in [-0.1, -0.05) is 13.3 Å². The fourth-order valence-corrected chi connectivity index (χ4v) is 4.60. The first-order valence-corrected chi connectivity index (χ1v) is 12.4. The molecule has 0 aliphatic carbocycles. The molecule has 1 atom stereocenters. The molecule has 0 fully saturated rings. The van der Waals surface area contributed by atoms with E-state index < -0.39 is 14.5 Å². The SMILES string of the molecule is CCCC[PH2+]C.C[PH+](C(C)(C)C)C(C)(C)C.F[B-](F)(F)F.F[B-](F)(F)F. The molecule has 0 aromatic carbocycles. The highest BCUT2D eigenvalue weighted by Crippen LogP contribution is 2.55. The minimum atomic E-state index is -6.00. The van der Waals surface area contributed by atoms with Gasteiger partial charge in [0, 0.05) is 21.3 Å². The van der Waals surface area contributed by atoms with Gasteiger partial charge in [0.05, 0.1) is 16.5 Å². The lowest BCUT2D eigenvalue weighted by molar-refractivity contribution is 0.366. The van der Waals surface area contributed by atoms with E-state index in [2.05, 4.69) is 61.8 Å². The first kappa shape index (κ1) is 34.0. The van der Waals surface area contributed by atoms with Crippen molar-refractivity contribution in [2.75, 3.05) is 19.5 Å². The zero-order valence-electron chi connectivity index (χ0n) is 17.4. The van der Waals surface area contributed by atoms with Crippen LogP contribution in [0.4, 0.5) is 34.5 Å². The summed E-state index contributed by atoms with van der Waals surface area (Å²) >= 11 is 0. The maximum atomic E-state index is 9.75. The maximum Gasteiger partial charge on any atom is 0.673 e. The van der Waals surface area contributed by atoms with E-state index in [1.807, 2.05) is 0 Å². The lowest BCUT2D eigenvalue weighted by Gasteiger charge is -2.30. The molecule has 12 heteroatoms. The van der Waals surface area contributed by atoms with Gasteiger partial charge in [0.25, 0.3) is 0 Å². The number of hydrogen-bond donors (Lipinski definition) is 0. The van der Waals surface area contributed by atoms with Crippen LogP contribution in [0, 0.1) is 0 Å². The van der Waals surface area contributed by atoms with Crippen LogP contribution in [0.1, 0.15) is 61.3 Å². The Morgan fingerprint density at radius 2 is 0.962 bits per heavy atom. The Kier molecular flexibility index (Phi) is 20.1. The molecule has 0 amide bonds. The van der Waals surface area contributed by atoms with E-state index in [4.69, 9.17) is 0 Å². The van der Waals surface area contributed by atoms with Crippen LogP contribution in [0.25, 0.3) is 0 Å². The molecule has 0 aromatic heterocycles. The molecule has 0 N–H and O–H groups in total. The molecule has 0 saturated heterocycles. The molecule has 0 aliphatic rings. The first-order chi connectivity index (χ1) is 11.1. The summed E-state index contributed by atoms with van der Waals surface area (Å²) in [5.41, 5.74) is 0. The molecule has 1 unspecified atom stereocenters. The Balaban J connectivity index is -0.000000131. The van der Waals surface area contributed by atoms with Gasteiger partial charge in [0.15, 0.2) is 0 Å². The third-order valence-electron chi connectivity index (χ3n) is 3.10. The summed E-state index contributed by atoms with van der Waals surface area (Å²) in [7, 11) is -11.4. The standard InChI is InChI=1S/C9H21P.C5H13P.2BF4/c1-8(2,3)10(7)9(4,5)6;1-3-4-5-6-2;2*2-1(3,4)5/h1-7H3;6H,3-5H2,1-2H3;;/q;;2*-1/p+2. The second-order valence-electron chi connectivity index (χ2n) is 7.67. The van der Waals surface area contributed by atoms with Crippen LogP contribution in [-0.4, -0.2) is 44.3 Å². The van der Waals surface area contributed by atoms with Crippen molar-refractivity contribution in [3.8, 4) is 0 Å². The first-order valence-electron chi connectivity index (χ1n) is 8.44. The molecule has 0 heterocycles. The van der Waals surface area contributed by atoms with E-state index in [1.165, 1.54) is 19.0 Å². The predicted molar refractivity (Wildman–Crippen MR) is 110 cm³/mol. The third kappa shape index (κ3) is 56.3. The summed E-state index contributed by atoms with van der Waals surface area (Å²) in [5, 5.41) is 1.09. The van der Waals surface area contributed by atoms with Crippen LogP contribution in [-0.2, 0) is 0 Å². The van der Waals surface area contributed by atoms with Crippen LogP contribution in [0.15, 0.2) is 0 Å². The van der Waals surface area contributed by atoms with Crippen molar-refractivity contribution < 1.29 is 34.5 Å². The van der Waals surface area contributed by atoms with Crippen molar-refractivity contribution >= 4 is 31.0 Å². The van der Waals surface area contributed by atoms with Gasteiger partial charge in [-0.15, -0.1) is 0 Å². The second kappa shape index (κ2) is 15.4. The maximum absolute atomic E-state index is 9.75. The summed E-state index contributed by atoms with van der Waals surface area (Å²) in [6.07, 6.45) is 4.32. The van der Waals surface area contributed by atoms with Gasteiger partial charge in [-0.2, -0.15) is 0 Å². The van der Waals surface area contributed by atoms with E-state index in [1.54, 1.807) is 0 Å². The summed E-state index contributed by atoms with van der Waals surface area (Å²) < 4.78 is 78.0. The summed E-state index contributed by atoms with van der Waals surface area (Å²) in [6.45, 7) is 21.1. The number of unbranched alkanes of at least 4 members (excludes halogenated alkanes) is 1. The Bertz CT molecular complexity index is 268. The summed E-state index contributed by atoms with van der Waals surface area (Å²) in [4.78, 5) is 0. The van der Waals surface area contributed by atoms with E-state index in [9.17, 15) is 34.5 Å². The second-order valence-corrected chi connectivity index (χ2v) is 13.3. The van der Waals surface area contributed by atoms with Gasteiger partial charge in [-0.3, -0.25) is 0 Å². The van der Waals surface area contributed by atoms with Crippen molar-refractivity contribution in [3.05, 3.63) is 0 Å². The van der Waals surface area contributed by atoms with Crippen LogP contribution in [0.5, 0.6) is 0 Å². The summed E-state index contributed by atoms with van der Waals surface area (Å²) in [6, 6.07) is 0. The van der Waals surface area contributed by atoms with Crippen molar-refractivity contribution in [2.24, 2.45) is 0 Å². The van der Waals surface area contributed by atoms with Gasteiger partial charge >= 0.3 is 14.5 Å². The minimum Gasteiger partial charge on any atom is -0.418 e. The van der Waals surface area contributed by atoms with E-state index in [0.717, 1.165) is 8.58 Å². The largest absolute Gasteiger partial charge is 0.673 e. The quantitative estimate of drug-likeness (QED) is 0.182. The Morgan fingerprint density at radius 3 is 1.00 bits per heavy atom. The molecule has 0 nitrogen and oxygen atoms in total. The molecular formula is C14H36B2F8P2. The van der Waals surface area contributed by atoms with Crippen molar-refractivity contribution in [1.29, 1.82) is 0 Å². The summed E-state index contributed by atoms with van der Waals surface area (Å²) in [5.74, 6) is 0. The van der Waals surface area contributed by atoms with Crippen molar-refractivity contribution in [1.82, 2.24) is 0 Å². The average Bonchev–Trinajstić information content (AvgIpc) is 2.29.